The van der Waals surface area contributed by atoms with Gasteiger partial charge < -0.3 is 9.47 Å². The number of amides is 1. The number of carbonyl (C=O) groups excluding carboxylic acids is 1. The predicted octanol–water partition coefficient (Wildman–Crippen LogP) is 5.50. The Morgan fingerprint density at radius 3 is 2.60 bits per heavy atom. The van der Waals surface area contributed by atoms with Gasteiger partial charge in [0.25, 0.3) is 11.8 Å². The Kier molecular flexibility index (Phi) is 6.22. The number of anilines is 1. The number of aryl methyl sites for hydroxylation is 1. The van der Waals surface area contributed by atoms with Crippen LogP contribution in [0.3, 0.4) is 0 Å². The van der Waals surface area contributed by atoms with Gasteiger partial charge in [-0.3, -0.25) is 9.69 Å². The zero-order valence-corrected chi connectivity index (χ0v) is 23.4. The molecule has 0 radical (unpaired) electrons. The molecule has 12 heteroatoms. The second-order valence-electron chi connectivity index (χ2n) is 12.6. The first-order valence-corrected chi connectivity index (χ1v) is 14.4. The van der Waals surface area contributed by atoms with Crippen LogP contribution in [0, 0.1) is 29.1 Å². The number of alkyl halides is 5. The van der Waals surface area contributed by atoms with Gasteiger partial charge in [-0.15, -0.1) is 10.2 Å². The molecule has 224 valence electrons. The number of hydrogen-bond donors (Lipinski definition) is 0. The van der Waals surface area contributed by atoms with Crippen LogP contribution in [0.2, 0.25) is 0 Å². The summed E-state index contributed by atoms with van der Waals surface area (Å²) in [6.07, 6.45) is -1.04. The fourth-order valence-corrected chi connectivity index (χ4v) is 7.45. The summed E-state index contributed by atoms with van der Waals surface area (Å²) in [6, 6.07) is 12.1. The highest BCUT2D eigenvalue weighted by Gasteiger charge is 2.68. The Labute approximate surface area is 244 Å². The third-order valence-electron chi connectivity index (χ3n) is 9.92. The molecule has 2 aliphatic heterocycles. The molecule has 3 aromatic rings. The molecule has 43 heavy (non-hydrogen) atoms. The zero-order valence-electron chi connectivity index (χ0n) is 23.4. The normalized spacial score (nSPS) is 27.8. The van der Waals surface area contributed by atoms with Crippen molar-refractivity contribution in [3.63, 3.8) is 0 Å². The zero-order chi connectivity index (χ0) is 30.3. The first kappa shape index (κ1) is 28.0. The van der Waals surface area contributed by atoms with Crippen molar-refractivity contribution in [3.05, 3.63) is 76.4 Å². The fourth-order valence-electron chi connectivity index (χ4n) is 7.45. The van der Waals surface area contributed by atoms with Crippen LogP contribution < -0.4 is 4.90 Å². The number of rotatable bonds is 6. The summed E-state index contributed by atoms with van der Waals surface area (Å²) in [7, 11) is 1.84. The first-order valence-electron chi connectivity index (χ1n) is 14.4. The first-order chi connectivity index (χ1) is 20.4. The molecule has 7 nitrogen and oxygen atoms in total. The number of likely N-dealkylation sites (tertiary alicyclic amines) is 1. The summed E-state index contributed by atoms with van der Waals surface area (Å²) in [5.41, 5.74) is 0.280. The minimum Gasteiger partial charge on any atom is -0.321 e. The van der Waals surface area contributed by atoms with Gasteiger partial charge in [-0.05, 0) is 66.8 Å². The maximum Gasteiger partial charge on any atom is 0.416 e. The molecule has 2 aromatic carbocycles. The third kappa shape index (κ3) is 4.60. The van der Waals surface area contributed by atoms with E-state index >= 15 is 0 Å². The number of hydrogen-bond acceptors (Lipinski definition) is 5. The highest BCUT2D eigenvalue weighted by molar-refractivity contribution is 6.10. The van der Waals surface area contributed by atoms with E-state index in [1.807, 2.05) is 23.7 Å². The van der Waals surface area contributed by atoms with Crippen molar-refractivity contribution < 1.29 is 26.7 Å². The standard InChI is InChI=1S/C31H29F5N6O/c1-40-17-38-39-27(40)12-29(10-19(11-29)13-37)20-3-2-4-21(9-20)42-15-23-22(28(42)43)7-18(8-25(23)31(34,35)36)14-41-6-5-24-26(16-41)30(24,32)33/h2-4,7-9,17,19,24,26H,5-6,10-12,14-16H2,1H3. The van der Waals surface area contributed by atoms with E-state index in [0.717, 1.165) is 17.5 Å². The molecule has 2 unspecified atom stereocenters. The molecule has 0 N–H and O–H groups in total. The molecule has 0 spiro atoms. The molecule has 1 saturated heterocycles. The van der Waals surface area contributed by atoms with Crippen LogP contribution in [-0.2, 0) is 38.1 Å². The molecular formula is C31H29F5N6O. The van der Waals surface area contributed by atoms with Crippen LogP contribution in [0.15, 0.2) is 42.7 Å². The molecule has 2 atom stereocenters. The van der Waals surface area contributed by atoms with Crippen LogP contribution in [0.5, 0.6) is 0 Å². The van der Waals surface area contributed by atoms with Gasteiger partial charge in [0.15, 0.2) is 0 Å². The van der Waals surface area contributed by atoms with E-state index in [4.69, 9.17) is 0 Å². The molecule has 0 bridgehead atoms. The van der Waals surface area contributed by atoms with Crippen LogP contribution in [0.1, 0.15) is 57.7 Å². The number of fused-ring (bicyclic) bond motifs is 2. The highest BCUT2D eigenvalue weighted by Crippen LogP contribution is 2.59. The number of nitriles is 1. The van der Waals surface area contributed by atoms with Crippen molar-refractivity contribution in [1.82, 2.24) is 19.7 Å². The molecule has 1 aromatic heterocycles. The topological polar surface area (TPSA) is 78.1 Å². The summed E-state index contributed by atoms with van der Waals surface area (Å²) >= 11 is 0. The van der Waals surface area contributed by atoms with Gasteiger partial charge in [0.1, 0.15) is 12.2 Å². The number of piperidine rings is 1. The Balaban J connectivity index is 1.18. The second-order valence-corrected chi connectivity index (χ2v) is 12.6. The second kappa shape index (κ2) is 9.58. The van der Waals surface area contributed by atoms with Gasteiger partial charge in [0, 0.05) is 61.0 Å². The Morgan fingerprint density at radius 1 is 1.14 bits per heavy atom. The maximum absolute atomic E-state index is 14.3. The van der Waals surface area contributed by atoms with E-state index in [1.54, 1.807) is 23.4 Å². The van der Waals surface area contributed by atoms with Crippen molar-refractivity contribution in [2.24, 2.45) is 24.8 Å². The molecule has 4 aliphatic rings. The van der Waals surface area contributed by atoms with Crippen molar-refractivity contribution in [1.29, 1.82) is 5.26 Å². The van der Waals surface area contributed by atoms with Gasteiger partial charge in [-0.1, -0.05) is 12.1 Å². The molecule has 2 aliphatic carbocycles. The SMILES string of the molecule is Cn1cnnc1CC1(c2cccc(N3Cc4c(cc(CN5CCC6C(C5)C6(F)F)cc4C(F)(F)F)C3=O)c2)CC(C#N)C1. The van der Waals surface area contributed by atoms with Crippen molar-refractivity contribution in [2.45, 2.75) is 56.3 Å². The van der Waals surface area contributed by atoms with Crippen molar-refractivity contribution in [2.75, 3.05) is 18.0 Å². The Bertz CT molecular complexity index is 1650. The van der Waals surface area contributed by atoms with E-state index in [-0.39, 0.29) is 42.2 Å². The Morgan fingerprint density at radius 2 is 1.93 bits per heavy atom. The lowest BCUT2D eigenvalue weighted by Gasteiger charge is -2.45. The average molecular weight is 597 g/mol. The number of benzene rings is 2. The lowest BCUT2D eigenvalue weighted by Crippen LogP contribution is -2.43. The molecule has 1 amide bonds. The third-order valence-corrected chi connectivity index (χ3v) is 9.92. The number of halogens is 5. The van der Waals surface area contributed by atoms with Crippen molar-refractivity contribution in [3.8, 4) is 6.07 Å². The summed E-state index contributed by atoms with van der Waals surface area (Å²) in [6.45, 7) is 0.350. The van der Waals surface area contributed by atoms with E-state index in [2.05, 4.69) is 16.3 Å². The summed E-state index contributed by atoms with van der Waals surface area (Å²) in [5, 5.41) is 17.7. The van der Waals surface area contributed by atoms with Gasteiger partial charge >= 0.3 is 6.18 Å². The minimum atomic E-state index is -4.69. The van der Waals surface area contributed by atoms with Crippen LogP contribution in [0.4, 0.5) is 27.6 Å². The molecular weight excluding hydrogens is 567 g/mol. The maximum atomic E-state index is 14.3. The minimum absolute atomic E-state index is 0.0103. The molecule has 2 saturated carbocycles. The van der Waals surface area contributed by atoms with E-state index in [1.165, 1.54) is 11.0 Å². The summed E-state index contributed by atoms with van der Waals surface area (Å²) < 4.78 is 72.5. The predicted molar refractivity (Wildman–Crippen MR) is 145 cm³/mol. The van der Waals surface area contributed by atoms with Crippen LogP contribution >= 0.6 is 0 Å². The lowest BCUT2D eigenvalue weighted by molar-refractivity contribution is -0.138. The van der Waals surface area contributed by atoms with E-state index in [9.17, 15) is 32.0 Å². The molecule has 3 fully saturated rings. The lowest BCUT2D eigenvalue weighted by atomic mass is 9.57. The van der Waals surface area contributed by atoms with Crippen molar-refractivity contribution >= 4 is 11.6 Å². The number of nitrogens with zero attached hydrogens (tertiary/aromatic N) is 6. The largest absolute Gasteiger partial charge is 0.416 e. The van der Waals surface area contributed by atoms with Gasteiger partial charge in [0.05, 0.1) is 18.2 Å². The Hall–Kier alpha value is -3.85. The van der Waals surface area contributed by atoms with E-state index in [0.29, 0.717) is 37.9 Å². The van der Waals surface area contributed by atoms with Gasteiger partial charge in [-0.2, -0.15) is 18.4 Å². The summed E-state index contributed by atoms with van der Waals surface area (Å²) in [4.78, 5) is 16.8. The average Bonchev–Trinajstić information content (AvgIpc) is 3.19. The van der Waals surface area contributed by atoms with Gasteiger partial charge in [0.2, 0.25) is 0 Å². The fraction of sp³-hybridized carbons (Fsp3) is 0.484. The van der Waals surface area contributed by atoms with Gasteiger partial charge in [-0.25, -0.2) is 8.78 Å². The van der Waals surface area contributed by atoms with E-state index < -0.39 is 40.8 Å². The van der Waals surface area contributed by atoms with Crippen LogP contribution in [-0.4, -0.2) is 44.6 Å². The molecule has 3 heterocycles. The smallest absolute Gasteiger partial charge is 0.321 e. The monoisotopic (exact) mass is 596 g/mol. The number of aromatic nitrogens is 3. The molecule has 7 rings (SSSR count). The summed E-state index contributed by atoms with van der Waals surface area (Å²) in [5.74, 6) is -3.99. The van der Waals surface area contributed by atoms with Crippen LogP contribution in [0.25, 0.3) is 0 Å². The number of carbonyl (C=O) groups is 1. The highest BCUT2D eigenvalue weighted by atomic mass is 19.4. The quantitative estimate of drug-likeness (QED) is 0.352.